The molecule has 0 saturated carbocycles. The Morgan fingerprint density at radius 1 is 1.16 bits per heavy atom. The standard InChI is InChI=1S/C23H28N4O4/c24-22(28)17-3-1-11-27(14-17)21-10-7-18(13-25-21)26-23(29)16-5-8-19(9-6-16)31-15-20-4-2-12-30-20/h5-10,13,17,20H,1-4,11-12,14-15H2,(H2,24,28)(H,26,29). The van der Waals surface area contributed by atoms with Gasteiger partial charge in [0.15, 0.2) is 0 Å². The normalized spacial score (nSPS) is 21.0. The highest BCUT2D eigenvalue weighted by molar-refractivity contribution is 6.04. The molecule has 2 aliphatic heterocycles. The first-order valence-electron chi connectivity index (χ1n) is 10.7. The highest BCUT2D eigenvalue weighted by Gasteiger charge is 2.24. The molecule has 2 fully saturated rings. The zero-order valence-corrected chi connectivity index (χ0v) is 17.5. The van der Waals surface area contributed by atoms with Gasteiger partial charge in [0.1, 0.15) is 18.2 Å². The molecule has 0 radical (unpaired) electrons. The minimum atomic E-state index is -0.267. The Labute approximate surface area is 181 Å². The summed E-state index contributed by atoms with van der Waals surface area (Å²) in [4.78, 5) is 30.5. The maximum atomic E-state index is 12.5. The van der Waals surface area contributed by atoms with Gasteiger partial charge in [-0.1, -0.05) is 0 Å². The maximum Gasteiger partial charge on any atom is 0.255 e. The number of carbonyl (C=O) groups excluding carboxylic acids is 2. The number of primary amides is 1. The second kappa shape index (κ2) is 9.78. The summed E-state index contributed by atoms with van der Waals surface area (Å²) in [5, 5.41) is 2.86. The van der Waals surface area contributed by atoms with Crippen LogP contribution in [-0.4, -0.2) is 49.2 Å². The van der Waals surface area contributed by atoms with E-state index in [9.17, 15) is 9.59 Å². The van der Waals surface area contributed by atoms with Crippen LogP contribution < -0.4 is 20.7 Å². The summed E-state index contributed by atoms with van der Waals surface area (Å²) in [6.45, 7) is 2.74. The molecule has 2 unspecified atom stereocenters. The first-order chi connectivity index (χ1) is 15.1. The molecule has 4 rings (SSSR count). The number of hydrogen-bond acceptors (Lipinski definition) is 6. The quantitative estimate of drug-likeness (QED) is 0.708. The number of pyridine rings is 1. The molecule has 8 heteroatoms. The lowest BCUT2D eigenvalue weighted by Crippen LogP contribution is -2.41. The molecule has 2 aromatic rings. The second-order valence-electron chi connectivity index (χ2n) is 8.02. The maximum absolute atomic E-state index is 12.5. The van der Waals surface area contributed by atoms with E-state index >= 15 is 0 Å². The van der Waals surface area contributed by atoms with E-state index in [1.165, 1.54) is 0 Å². The van der Waals surface area contributed by atoms with Gasteiger partial charge in [0.25, 0.3) is 5.91 Å². The van der Waals surface area contributed by atoms with Gasteiger partial charge < -0.3 is 25.4 Å². The fourth-order valence-corrected chi connectivity index (χ4v) is 3.94. The molecule has 164 valence electrons. The van der Waals surface area contributed by atoms with Crippen LogP contribution in [0, 0.1) is 5.92 Å². The number of hydrogen-bond donors (Lipinski definition) is 2. The van der Waals surface area contributed by atoms with Crippen LogP contribution in [0.3, 0.4) is 0 Å². The third kappa shape index (κ3) is 5.52. The zero-order chi connectivity index (χ0) is 21.6. The number of benzene rings is 1. The van der Waals surface area contributed by atoms with Crippen LogP contribution in [0.1, 0.15) is 36.0 Å². The minimum Gasteiger partial charge on any atom is -0.491 e. The summed E-state index contributed by atoms with van der Waals surface area (Å²) in [5.74, 6) is 0.863. The number of nitrogens with one attached hydrogen (secondary N) is 1. The molecule has 0 aliphatic carbocycles. The van der Waals surface area contributed by atoms with Crippen LogP contribution in [0.15, 0.2) is 42.6 Å². The van der Waals surface area contributed by atoms with Crippen molar-refractivity contribution in [3.05, 3.63) is 48.2 Å². The molecule has 8 nitrogen and oxygen atoms in total. The number of aromatic nitrogens is 1. The predicted octanol–water partition coefficient (Wildman–Crippen LogP) is 2.59. The van der Waals surface area contributed by atoms with Gasteiger partial charge in [-0.25, -0.2) is 4.98 Å². The number of carbonyl (C=O) groups is 2. The molecule has 3 heterocycles. The molecule has 0 spiro atoms. The lowest BCUT2D eigenvalue weighted by molar-refractivity contribution is -0.122. The third-order valence-corrected chi connectivity index (χ3v) is 5.73. The lowest BCUT2D eigenvalue weighted by atomic mass is 9.97. The van der Waals surface area contributed by atoms with Crippen molar-refractivity contribution in [3.8, 4) is 5.75 Å². The molecule has 2 saturated heterocycles. The first kappa shape index (κ1) is 21.1. The van der Waals surface area contributed by atoms with Gasteiger partial charge >= 0.3 is 0 Å². The van der Waals surface area contributed by atoms with Gasteiger partial charge in [-0.05, 0) is 62.1 Å². The van der Waals surface area contributed by atoms with Crippen molar-refractivity contribution >= 4 is 23.3 Å². The van der Waals surface area contributed by atoms with Crippen molar-refractivity contribution in [1.29, 1.82) is 0 Å². The highest BCUT2D eigenvalue weighted by Crippen LogP contribution is 2.23. The summed E-state index contributed by atoms with van der Waals surface area (Å²) in [6, 6.07) is 10.7. The van der Waals surface area contributed by atoms with E-state index in [4.69, 9.17) is 15.2 Å². The smallest absolute Gasteiger partial charge is 0.255 e. The summed E-state index contributed by atoms with van der Waals surface area (Å²) in [5.41, 5.74) is 6.59. The Hall–Kier alpha value is -3.13. The van der Waals surface area contributed by atoms with E-state index in [0.717, 1.165) is 44.7 Å². The molecule has 1 aromatic heterocycles. The van der Waals surface area contributed by atoms with Gasteiger partial charge in [-0.15, -0.1) is 0 Å². The average Bonchev–Trinajstić information content (AvgIpc) is 3.32. The van der Waals surface area contributed by atoms with Crippen molar-refractivity contribution in [2.45, 2.75) is 31.8 Å². The summed E-state index contributed by atoms with van der Waals surface area (Å²) >= 11 is 0. The molecular weight excluding hydrogens is 396 g/mol. The molecule has 3 N–H and O–H groups in total. The van der Waals surface area contributed by atoms with Gasteiger partial charge in [-0.3, -0.25) is 9.59 Å². The largest absolute Gasteiger partial charge is 0.491 e. The van der Waals surface area contributed by atoms with Crippen molar-refractivity contribution < 1.29 is 19.1 Å². The van der Waals surface area contributed by atoms with Crippen LogP contribution in [0.5, 0.6) is 5.75 Å². The van der Waals surface area contributed by atoms with Gasteiger partial charge in [-0.2, -0.15) is 0 Å². The topological polar surface area (TPSA) is 107 Å². The minimum absolute atomic E-state index is 0.146. The van der Waals surface area contributed by atoms with Crippen LogP contribution >= 0.6 is 0 Å². The number of ether oxygens (including phenoxy) is 2. The Bertz CT molecular complexity index is 895. The van der Waals surface area contributed by atoms with Crippen LogP contribution in [-0.2, 0) is 9.53 Å². The second-order valence-corrected chi connectivity index (χ2v) is 8.02. The Balaban J connectivity index is 1.30. The zero-order valence-electron chi connectivity index (χ0n) is 17.5. The number of anilines is 2. The molecule has 1 aromatic carbocycles. The van der Waals surface area contributed by atoms with Gasteiger partial charge in [0, 0.05) is 25.3 Å². The number of amides is 2. The SMILES string of the molecule is NC(=O)C1CCCN(c2ccc(NC(=O)c3ccc(OCC4CCCO4)cc3)cn2)C1. The van der Waals surface area contributed by atoms with Crippen LogP contribution in [0.25, 0.3) is 0 Å². The van der Waals surface area contributed by atoms with E-state index < -0.39 is 0 Å². The fraction of sp³-hybridized carbons (Fsp3) is 0.435. The fourth-order valence-electron chi connectivity index (χ4n) is 3.94. The predicted molar refractivity (Wildman–Crippen MR) is 117 cm³/mol. The Morgan fingerprint density at radius 2 is 2.00 bits per heavy atom. The molecule has 2 amide bonds. The Kier molecular flexibility index (Phi) is 6.66. The van der Waals surface area contributed by atoms with Crippen molar-refractivity contribution in [2.24, 2.45) is 11.7 Å². The molecule has 0 bridgehead atoms. The molecular formula is C23H28N4O4. The summed E-state index contributed by atoms with van der Waals surface area (Å²) in [6.07, 6.45) is 5.61. The van der Waals surface area contributed by atoms with E-state index in [1.54, 1.807) is 30.5 Å². The molecule has 31 heavy (non-hydrogen) atoms. The number of piperidine rings is 1. The van der Waals surface area contributed by atoms with Gasteiger partial charge in [0.2, 0.25) is 5.91 Å². The lowest BCUT2D eigenvalue weighted by Gasteiger charge is -2.32. The summed E-state index contributed by atoms with van der Waals surface area (Å²) < 4.78 is 11.3. The van der Waals surface area contributed by atoms with Crippen molar-refractivity contribution in [2.75, 3.05) is 36.5 Å². The summed E-state index contributed by atoms with van der Waals surface area (Å²) in [7, 11) is 0. The van der Waals surface area contributed by atoms with E-state index in [0.29, 0.717) is 30.2 Å². The van der Waals surface area contributed by atoms with Crippen LogP contribution in [0.2, 0.25) is 0 Å². The monoisotopic (exact) mass is 424 g/mol. The van der Waals surface area contributed by atoms with E-state index in [1.807, 2.05) is 12.1 Å². The van der Waals surface area contributed by atoms with E-state index in [-0.39, 0.29) is 23.8 Å². The van der Waals surface area contributed by atoms with Gasteiger partial charge in [0.05, 0.1) is 23.9 Å². The van der Waals surface area contributed by atoms with E-state index in [2.05, 4.69) is 15.2 Å². The van der Waals surface area contributed by atoms with Crippen LogP contribution in [0.4, 0.5) is 11.5 Å². The van der Waals surface area contributed by atoms with Crippen molar-refractivity contribution in [1.82, 2.24) is 4.98 Å². The third-order valence-electron chi connectivity index (χ3n) is 5.73. The number of nitrogens with two attached hydrogens (primary N) is 1. The highest BCUT2D eigenvalue weighted by atomic mass is 16.5. The number of rotatable bonds is 7. The molecule has 2 aliphatic rings. The molecule has 2 atom stereocenters. The Morgan fingerprint density at radius 3 is 2.68 bits per heavy atom. The van der Waals surface area contributed by atoms with Crippen molar-refractivity contribution in [3.63, 3.8) is 0 Å². The average molecular weight is 425 g/mol. The first-order valence-corrected chi connectivity index (χ1v) is 10.7. The number of nitrogens with zero attached hydrogens (tertiary/aromatic N) is 2.